The van der Waals surface area contributed by atoms with Gasteiger partial charge in [0.05, 0.1) is 28.3 Å². The smallest absolute Gasteiger partial charge is 0.326 e. The van der Waals surface area contributed by atoms with Gasteiger partial charge in [0.1, 0.15) is 12.3 Å². The van der Waals surface area contributed by atoms with Crippen molar-refractivity contribution in [2.45, 2.75) is 6.61 Å². The summed E-state index contributed by atoms with van der Waals surface area (Å²) in [7, 11) is 1.56. The number of carbonyl (C=O) groups is 3. The van der Waals surface area contributed by atoms with Crippen molar-refractivity contribution in [3.63, 3.8) is 0 Å². The third kappa shape index (κ3) is 4.10. The summed E-state index contributed by atoms with van der Waals surface area (Å²) in [5, 5.41) is 4.10. The molecule has 0 atom stereocenters. The molecule has 2 amide bonds. The van der Waals surface area contributed by atoms with Crippen LogP contribution in [0.4, 0.5) is 0 Å². The van der Waals surface area contributed by atoms with Crippen LogP contribution in [0.2, 0.25) is 10.0 Å². The van der Waals surface area contributed by atoms with Gasteiger partial charge >= 0.3 is 5.97 Å². The van der Waals surface area contributed by atoms with Gasteiger partial charge in [-0.05, 0) is 36.4 Å². The van der Waals surface area contributed by atoms with Crippen molar-refractivity contribution in [1.29, 1.82) is 0 Å². The lowest BCUT2D eigenvalue weighted by molar-refractivity contribution is -0.146. The molecule has 0 saturated carbocycles. The molecular formula is C20H13Cl2N3O6. The first kappa shape index (κ1) is 20.8. The molecule has 3 aromatic rings. The first-order chi connectivity index (χ1) is 14.9. The molecule has 0 aliphatic carbocycles. The van der Waals surface area contributed by atoms with Crippen molar-refractivity contribution in [2.75, 3.05) is 13.7 Å². The number of aromatic nitrogens is 2. The largest absolute Gasteiger partial charge is 0.497 e. The van der Waals surface area contributed by atoms with E-state index in [2.05, 4.69) is 10.1 Å². The Bertz CT molecular complexity index is 1150. The number of amides is 2. The van der Waals surface area contributed by atoms with Gasteiger partial charge in [-0.25, -0.2) is 0 Å². The van der Waals surface area contributed by atoms with Crippen molar-refractivity contribution in [2.24, 2.45) is 0 Å². The summed E-state index contributed by atoms with van der Waals surface area (Å²) in [4.78, 5) is 41.9. The number of carbonyl (C=O) groups excluding carboxylic acids is 3. The van der Waals surface area contributed by atoms with Gasteiger partial charge in [-0.1, -0.05) is 28.4 Å². The van der Waals surface area contributed by atoms with Crippen LogP contribution in [-0.4, -0.2) is 46.5 Å². The molecule has 11 heteroatoms. The average Bonchev–Trinajstić information content (AvgIpc) is 3.33. The summed E-state index contributed by atoms with van der Waals surface area (Å²) >= 11 is 11.8. The van der Waals surface area contributed by atoms with Crippen LogP contribution < -0.4 is 4.74 Å². The number of nitrogens with zero attached hydrogens (tertiary/aromatic N) is 3. The first-order valence-electron chi connectivity index (χ1n) is 8.85. The minimum atomic E-state index is -0.823. The second-order valence-electron chi connectivity index (χ2n) is 6.41. The minimum Gasteiger partial charge on any atom is -0.497 e. The Hall–Kier alpha value is -3.43. The fourth-order valence-electron chi connectivity index (χ4n) is 2.92. The van der Waals surface area contributed by atoms with E-state index in [0.717, 1.165) is 4.90 Å². The maximum Gasteiger partial charge on any atom is 0.326 e. The second-order valence-corrected chi connectivity index (χ2v) is 7.22. The molecule has 0 saturated heterocycles. The molecule has 0 N–H and O–H groups in total. The summed E-state index contributed by atoms with van der Waals surface area (Å²) in [5.41, 5.74) is 0.840. The summed E-state index contributed by atoms with van der Waals surface area (Å²) < 4.78 is 15.2. The standard InChI is InChI=1S/C20H13Cl2N3O6/c1-29-11-4-2-10(3-5-11)18-23-16(31-24-18)9-30-17(26)8-25-19(27)12-6-14(21)15(22)7-13(12)20(25)28/h2-7H,8-9H2,1H3. The highest BCUT2D eigenvalue weighted by Gasteiger charge is 2.37. The fourth-order valence-corrected chi connectivity index (χ4v) is 3.24. The van der Waals surface area contributed by atoms with Gasteiger partial charge in [-0.3, -0.25) is 19.3 Å². The molecule has 2 aromatic carbocycles. The van der Waals surface area contributed by atoms with E-state index < -0.39 is 24.3 Å². The normalized spacial score (nSPS) is 12.8. The number of hydrogen-bond acceptors (Lipinski definition) is 8. The second kappa shape index (κ2) is 8.37. The van der Waals surface area contributed by atoms with Crippen molar-refractivity contribution in [1.82, 2.24) is 15.0 Å². The Balaban J connectivity index is 1.37. The predicted octanol–water partition coefficient (Wildman–Crippen LogP) is 3.39. The Morgan fingerprint density at radius 2 is 1.68 bits per heavy atom. The van der Waals surface area contributed by atoms with Gasteiger partial charge in [-0.2, -0.15) is 4.98 Å². The van der Waals surface area contributed by atoms with Gasteiger partial charge in [0.15, 0.2) is 6.61 Å². The summed E-state index contributed by atoms with van der Waals surface area (Å²) in [6, 6.07) is 9.58. The lowest BCUT2D eigenvalue weighted by atomic mass is 10.1. The van der Waals surface area contributed by atoms with E-state index in [1.165, 1.54) is 12.1 Å². The number of imide groups is 1. The highest BCUT2D eigenvalue weighted by Crippen LogP contribution is 2.31. The number of ether oxygens (including phenoxy) is 2. The van der Waals surface area contributed by atoms with E-state index >= 15 is 0 Å². The molecule has 1 aromatic heterocycles. The summed E-state index contributed by atoms with van der Waals surface area (Å²) in [6.07, 6.45) is 0. The Labute approximate surface area is 185 Å². The van der Waals surface area contributed by atoms with Crippen LogP contribution in [0.1, 0.15) is 26.6 Å². The number of esters is 1. The maximum absolute atomic E-state index is 12.4. The minimum absolute atomic E-state index is 0.0556. The third-order valence-corrected chi connectivity index (χ3v) is 5.19. The molecule has 0 fully saturated rings. The van der Waals surface area contributed by atoms with E-state index in [-0.39, 0.29) is 33.7 Å². The fraction of sp³-hybridized carbons (Fsp3) is 0.150. The maximum atomic E-state index is 12.4. The Morgan fingerprint density at radius 3 is 2.26 bits per heavy atom. The molecule has 158 valence electrons. The molecular weight excluding hydrogens is 449 g/mol. The number of rotatable bonds is 6. The predicted molar refractivity (Wildman–Crippen MR) is 108 cm³/mol. The lowest BCUT2D eigenvalue weighted by Gasteiger charge is -2.12. The van der Waals surface area contributed by atoms with Crippen LogP contribution >= 0.6 is 23.2 Å². The Kier molecular flexibility index (Phi) is 5.62. The highest BCUT2D eigenvalue weighted by molar-refractivity contribution is 6.43. The van der Waals surface area contributed by atoms with Crippen LogP contribution in [0, 0.1) is 0 Å². The van der Waals surface area contributed by atoms with E-state index in [0.29, 0.717) is 17.1 Å². The first-order valence-corrected chi connectivity index (χ1v) is 9.61. The third-order valence-electron chi connectivity index (χ3n) is 4.47. The molecule has 4 rings (SSSR count). The molecule has 0 bridgehead atoms. The number of hydrogen-bond donors (Lipinski definition) is 0. The van der Waals surface area contributed by atoms with Gasteiger partial charge in [0.2, 0.25) is 5.82 Å². The van der Waals surface area contributed by atoms with Crippen molar-refractivity contribution >= 4 is 41.0 Å². The van der Waals surface area contributed by atoms with Gasteiger partial charge < -0.3 is 14.0 Å². The number of methoxy groups -OCH3 is 1. The number of benzene rings is 2. The molecule has 1 aliphatic heterocycles. The monoisotopic (exact) mass is 461 g/mol. The van der Waals surface area contributed by atoms with Gasteiger partial charge in [0.25, 0.3) is 17.7 Å². The van der Waals surface area contributed by atoms with E-state index in [1.54, 1.807) is 31.4 Å². The van der Waals surface area contributed by atoms with E-state index in [1.807, 2.05) is 0 Å². The average molecular weight is 462 g/mol. The zero-order chi connectivity index (χ0) is 22.1. The SMILES string of the molecule is COc1ccc(-c2noc(COC(=O)CN3C(=O)c4cc(Cl)c(Cl)cc4C3=O)n2)cc1. The molecule has 0 spiro atoms. The quantitative estimate of drug-likeness (QED) is 0.405. The van der Waals surface area contributed by atoms with E-state index in [4.69, 9.17) is 37.2 Å². The van der Waals surface area contributed by atoms with Crippen LogP contribution in [0.25, 0.3) is 11.4 Å². The van der Waals surface area contributed by atoms with E-state index in [9.17, 15) is 14.4 Å². The molecule has 2 heterocycles. The molecule has 31 heavy (non-hydrogen) atoms. The van der Waals surface area contributed by atoms with Crippen LogP contribution in [0.3, 0.4) is 0 Å². The molecule has 0 unspecified atom stereocenters. The van der Waals surface area contributed by atoms with Gasteiger partial charge in [-0.15, -0.1) is 0 Å². The zero-order valence-electron chi connectivity index (χ0n) is 15.9. The van der Waals surface area contributed by atoms with Crippen molar-refractivity contribution in [3.8, 4) is 17.1 Å². The lowest BCUT2D eigenvalue weighted by Crippen LogP contribution is -2.35. The van der Waals surface area contributed by atoms with Crippen molar-refractivity contribution < 1.29 is 28.4 Å². The summed E-state index contributed by atoms with van der Waals surface area (Å²) in [6.45, 7) is -0.899. The van der Waals surface area contributed by atoms with Crippen LogP contribution in [0.15, 0.2) is 40.9 Å². The van der Waals surface area contributed by atoms with Crippen LogP contribution in [-0.2, 0) is 16.1 Å². The van der Waals surface area contributed by atoms with Gasteiger partial charge in [0, 0.05) is 5.56 Å². The number of fused-ring (bicyclic) bond motifs is 1. The van der Waals surface area contributed by atoms with Crippen LogP contribution in [0.5, 0.6) is 5.75 Å². The zero-order valence-corrected chi connectivity index (χ0v) is 17.4. The molecule has 0 radical (unpaired) electrons. The number of halogens is 2. The topological polar surface area (TPSA) is 112 Å². The van der Waals surface area contributed by atoms with Crippen molar-refractivity contribution in [3.05, 3.63) is 63.5 Å². The highest BCUT2D eigenvalue weighted by atomic mass is 35.5. The molecule has 1 aliphatic rings. The summed E-state index contributed by atoms with van der Waals surface area (Å²) in [5.74, 6) is -1.09. The Morgan fingerprint density at radius 1 is 1.06 bits per heavy atom. The molecule has 9 nitrogen and oxygen atoms in total.